The van der Waals surface area contributed by atoms with E-state index in [0.29, 0.717) is 12.2 Å². The van der Waals surface area contributed by atoms with Gasteiger partial charge in [0.15, 0.2) is 0 Å². The molecule has 0 fully saturated rings. The molecule has 2 rings (SSSR count). The van der Waals surface area contributed by atoms with Gasteiger partial charge in [-0.15, -0.1) is 0 Å². The predicted octanol–water partition coefficient (Wildman–Crippen LogP) is 3.87. The first-order chi connectivity index (χ1) is 10.5. The van der Waals surface area contributed by atoms with Gasteiger partial charge in [-0.05, 0) is 31.2 Å². The molecule has 0 aliphatic rings. The summed E-state index contributed by atoms with van der Waals surface area (Å²) in [5, 5.41) is 3.30. The third kappa shape index (κ3) is 5.03. The Morgan fingerprint density at radius 2 is 1.78 bits per heavy atom. The van der Waals surface area contributed by atoms with Crippen LogP contribution in [0.5, 0.6) is 0 Å². The summed E-state index contributed by atoms with van der Waals surface area (Å²) in [6.07, 6.45) is 1.13. The summed E-state index contributed by atoms with van der Waals surface area (Å²) in [5.41, 5.74) is 2.45. The highest BCUT2D eigenvalue weighted by molar-refractivity contribution is 7.92. The number of hydrogen-bond donors (Lipinski definition) is 2. The number of aryl methyl sites for hydroxylation is 1. The summed E-state index contributed by atoms with van der Waals surface area (Å²) < 4.78 is 30.9. The SMILES string of the molecule is Cc1oc(C(C)(C)C)cc1CNc1cccc(NS(C)(=O)=O)c1. The van der Waals surface area contributed by atoms with Crippen LogP contribution in [-0.4, -0.2) is 14.7 Å². The van der Waals surface area contributed by atoms with E-state index in [2.05, 4.69) is 36.9 Å². The van der Waals surface area contributed by atoms with Crippen LogP contribution in [0.3, 0.4) is 0 Å². The zero-order valence-electron chi connectivity index (χ0n) is 14.2. The highest BCUT2D eigenvalue weighted by Gasteiger charge is 2.20. The van der Waals surface area contributed by atoms with Crippen molar-refractivity contribution in [3.63, 3.8) is 0 Å². The molecule has 1 aromatic carbocycles. The summed E-state index contributed by atoms with van der Waals surface area (Å²) in [6.45, 7) is 8.91. The number of benzene rings is 1. The lowest BCUT2D eigenvalue weighted by molar-refractivity contribution is 0.395. The summed E-state index contributed by atoms with van der Waals surface area (Å²) in [6, 6.07) is 9.25. The molecule has 1 heterocycles. The minimum absolute atomic E-state index is 0.0255. The summed E-state index contributed by atoms with van der Waals surface area (Å²) in [7, 11) is -3.27. The maximum Gasteiger partial charge on any atom is 0.229 e. The van der Waals surface area contributed by atoms with Crippen LogP contribution in [0.25, 0.3) is 0 Å². The van der Waals surface area contributed by atoms with E-state index < -0.39 is 10.0 Å². The maximum absolute atomic E-state index is 11.3. The average Bonchev–Trinajstić information content (AvgIpc) is 2.76. The molecule has 0 atom stereocenters. The molecular formula is C17H24N2O3S. The average molecular weight is 336 g/mol. The minimum Gasteiger partial charge on any atom is -0.465 e. The van der Waals surface area contributed by atoms with Gasteiger partial charge in [-0.3, -0.25) is 4.72 Å². The Balaban J connectivity index is 2.10. The number of anilines is 2. The molecule has 0 aliphatic carbocycles. The van der Waals surface area contributed by atoms with Crippen LogP contribution < -0.4 is 10.0 Å². The van der Waals surface area contributed by atoms with Crippen molar-refractivity contribution in [3.8, 4) is 0 Å². The van der Waals surface area contributed by atoms with Gasteiger partial charge < -0.3 is 9.73 Å². The van der Waals surface area contributed by atoms with Gasteiger partial charge in [-0.2, -0.15) is 0 Å². The summed E-state index contributed by atoms with van der Waals surface area (Å²) >= 11 is 0. The van der Waals surface area contributed by atoms with Crippen molar-refractivity contribution in [3.05, 3.63) is 47.4 Å². The molecule has 0 spiro atoms. The van der Waals surface area contributed by atoms with Crippen LogP contribution in [-0.2, 0) is 22.0 Å². The number of rotatable bonds is 5. The molecule has 6 heteroatoms. The van der Waals surface area contributed by atoms with Gasteiger partial charge in [0.1, 0.15) is 11.5 Å². The Morgan fingerprint density at radius 1 is 1.13 bits per heavy atom. The molecule has 2 N–H and O–H groups in total. The highest BCUT2D eigenvalue weighted by atomic mass is 32.2. The van der Waals surface area contributed by atoms with Crippen LogP contribution in [0.2, 0.25) is 0 Å². The van der Waals surface area contributed by atoms with Crippen LogP contribution in [0.4, 0.5) is 11.4 Å². The molecule has 5 nitrogen and oxygen atoms in total. The van der Waals surface area contributed by atoms with E-state index in [9.17, 15) is 8.42 Å². The lowest BCUT2D eigenvalue weighted by Crippen LogP contribution is -2.10. The third-order valence-corrected chi connectivity index (χ3v) is 4.02. The van der Waals surface area contributed by atoms with Gasteiger partial charge in [-0.25, -0.2) is 8.42 Å². The highest BCUT2D eigenvalue weighted by Crippen LogP contribution is 2.27. The van der Waals surface area contributed by atoms with Gasteiger partial charge in [0.25, 0.3) is 0 Å². The standard InChI is InChI=1S/C17H24N2O3S/c1-12-13(9-16(22-12)17(2,3)4)11-18-14-7-6-8-15(10-14)19-23(5,20)21/h6-10,18-19H,11H2,1-5H3. The molecule has 0 radical (unpaired) electrons. The fourth-order valence-corrected chi connectivity index (χ4v) is 2.72. The minimum atomic E-state index is -3.27. The Kier molecular flexibility index (Phi) is 4.75. The third-order valence-electron chi connectivity index (χ3n) is 3.41. The predicted molar refractivity (Wildman–Crippen MR) is 94.4 cm³/mol. The van der Waals surface area contributed by atoms with Crippen molar-refractivity contribution >= 4 is 21.4 Å². The molecule has 1 aromatic heterocycles. The Labute approximate surface area is 138 Å². The molecule has 0 saturated heterocycles. The zero-order chi connectivity index (χ0) is 17.3. The first-order valence-electron chi connectivity index (χ1n) is 7.46. The summed E-state index contributed by atoms with van der Waals surface area (Å²) in [5.74, 6) is 1.85. The first-order valence-corrected chi connectivity index (χ1v) is 9.35. The van der Waals surface area contributed by atoms with Crippen LogP contribution in [0, 0.1) is 6.92 Å². The van der Waals surface area contributed by atoms with Gasteiger partial charge in [-0.1, -0.05) is 26.8 Å². The smallest absolute Gasteiger partial charge is 0.229 e. The van der Waals surface area contributed by atoms with E-state index in [1.165, 1.54) is 0 Å². The number of sulfonamides is 1. The molecule has 0 aliphatic heterocycles. The fourth-order valence-electron chi connectivity index (χ4n) is 2.17. The number of furan rings is 1. The zero-order valence-corrected chi connectivity index (χ0v) is 15.0. The molecule has 2 aromatic rings. The number of hydrogen-bond acceptors (Lipinski definition) is 4. The van der Waals surface area contributed by atoms with E-state index in [0.717, 1.165) is 29.0 Å². The lowest BCUT2D eigenvalue weighted by atomic mass is 9.93. The second-order valence-corrected chi connectivity index (χ2v) is 8.50. The largest absolute Gasteiger partial charge is 0.465 e. The maximum atomic E-state index is 11.3. The molecule has 0 unspecified atom stereocenters. The quantitative estimate of drug-likeness (QED) is 0.869. The molecule has 0 amide bonds. The normalized spacial score (nSPS) is 12.2. The fraction of sp³-hybridized carbons (Fsp3) is 0.412. The van der Waals surface area contributed by atoms with Gasteiger partial charge in [0.05, 0.1) is 11.9 Å². The van der Waals surface area contributed by atoms with Gasteiger partial charge in [0.2, 0.25) is 10.0 Å². The van der Waals surface area contributed by atoms with Crippen molar-refractivity contribution in [1.29, 1.82) is 0 Å². The van der Waals surface area contributed by atoms with Crippen LogP contribution in [0.1, 0.15) is 37.9 Å². The van der Waals surface area contributed by atoms with Gasteiger partial charge in [0, 0.05) is 23.2 Å². The van der Waals surface area contributed by atoms with Gasteiger partial charge >= 0.3 is 0 Å². The van der Waals surface area contributed by atoms with E-state index in [4.69, 9.17) is 4.42 Å². The van der Waals surface area contributed by atoms with Crippen molar-refractivity contribution in [2.45, 2.75) is 39.7 Å². The van der Waals surface area contributed by atoms with Crippen molar-refractivity contribution < 1.29 is 12.8 Å². The van der Waals surface area contributed by atoms with E-state index in [1.54, 1.807) is 18.2 Å². The number of nitrogens with one attached hydrogen (secondary N) is 2. The Bertz CT molecular complexity index is 786. The lowest BCUT2D eigenvalue weighted by Gasteiger charge is -2.13. The Hall–Kier alpha value is -1.95. The molecule has 0 bridgehead atoms. The van der Waals surface area contributed by atoms with E-state index >= 15 is 0 Å². The van der Waals surface area contributed by atoms with E-state index in [-0.39, 0.29) is 5.41 Å². The second-order valence-electron chi connectivity index (χ2n) is 6.75. The van der Waals surface area contributed by atoms with Crippen molar-refractivity contribution in [1.82, 2.24) is 0 Å². The van der Waals surface area contributed by atoms with Crippen LogP contribution in [0.15, 0.2) is 34.7 Å². The summed E-state index contributed by atoms with van der Waals surface area (Å²) in [4.78, 5) is 0. The topological polar surface area (TPSA) is 71.3 Å². The monoisotopic (exact) mass is 336 g/mol. The Morgan fingerprint density at radius 3 is 2.35 bits per heavy atom. The molecular weight excluding hydrogens is 312 g/mol. The molecule has 0 saturated carbocycles. The molecule has 126 valence electrons. The van der Waals surface area contributed by atoms with E-state index in [1.807, 2.05) is 13.0 Å². The van der Waals surface area contributed by atoms with Crippen molar-refractivity contribution in [2.75, 3.05) is 16.3 Å². The molecule has 23 heavy (non-hydrogen) atoms. The second kappa shape index (κ2) is 6.28. The first kappa shape index (κ1) is 17.4. The van der Waals surface area contributed by atoms with Crippen LogP contribution >= 0.6 is 0 Å². The van der Waals surface area contributed by atoms with Crippen molar-refractivity contribution in [2.24, 2.45) is 0 Å².